The molecule has 51 heavy (non-hydrogen) atoms. The summed E-state index contributed by atoms with van der Waals surface area (Å²) >= 11 is 1.58. The van der Waals surface area contributed by atoms with E-state index < -0.39 is 40.1 Å². The molecule has 2 aromatic carbocycles. The number of rotatable bonds is 12. The maximum atomic E-state index is 14.3. The van der Waals surface area contributed by atoms with E-state index in [9.17, 15) is 13.2 Å². The summed E-state index contributed by atoms with van der Waals surface area (Å²) in [6, 6.07) is 11.7. The third-order valence-corrected chi connectivity index (χ3v) is 12.2. The molecule has 3 fully saturated rings. The molecule has 1 aromatic heterocycles. The number of carbonyl (C=O) groups excluding carboxylic acids is 1. The molecule has 4 aliphatic heterocycles. The monoisotopic (exact) mass is 743 g/mol. The number of ether oxygens (including phenoxy) is 7. The van der Waals surface area contributed by atoms with Crippen molar-refractivity contribution < 1.29 is 46.4 Å². The number of fused-ring (bicyclic) bond motifs is 2. The molecular formula is C36H45N3O10S2. The minimum atomic E-state index is -4.01. The van der Waals surface area contributed by atoms with Crippen LogP contribution < -0.4 is 14.2 Å². The number of nitrogens with zero attached hydrogens (tertiary/aromatic N) is 3. The molecule has 0 spiro atoms. The van der Waals surface area contributed by atoms with Gasteiger partial charge in [-0.1, -0.05) is 26.0 Å². The summed E-state index contributed by atoms with van der Waals surface area (Å²) in [4.78, 5) is 20.3. The number of amides is 1. The van der Waals surface area contributed by atoms with Crippen LogP contribution in [0.15, 0.2) is 52.7 Å². The molecule has 1 amide bonds. The van der Waals surface area contributed by atoms with Crippen LogP contribution in [0.25, 0.3) is 0 Å². The van der Waals surface area contributed by atoms with E-state index in [1.165, 1.54) is 16.4 Å². The first-order valence-corrected chi connectivity index (χ1v) is 19.6. The topological polar surface area (TPSA) is 135 Å². The number of thiazole rings is 1. The molecule has 0 radical (unpaired) electrons. The van der Waals surface area contributed by atoms with Crippen LogP contribution >= 0.6 is 11.3 Å². The van der Waals surface area contributed by atoms with Gasteiger partial charge in [-0.25, -0.2) is 18.2 Å². The highest BCUT2D eigenvalue weighted by Crippen LogP contribution is 2.40. The molecule has 0 saturated carbocycles. The zero-order valence-corrected chi connectivity index (χ0v) is 31.1. The van der Waals surface area contributed by atoms with Crippen molar-refractivity contribution in [2.24, 2.45) is 11.8 Å². The largest absolute Gasteiger partial charge is 0.487 e. The lowest BCUT2D eigenvalue weighted by Gasteiger charge is -2.34. The van der Waals surface area contributed by atoms with Crippen molar-refractivity contribution in [3.05, 3.63) is 64.1 Å². The van der Waals surface area contributed by atoms with Gasteiger partial charge in [-0.05, 0) is 69.4 Å². The Hall–Kier alpha value is -3.47. The Labute approximate surface area is 302 Å². The second kappa shape index (κ2) is 14.5. The fourth-order valence-corrected chi connectivity index (χ4v) is 9.43. The minimum Gasteiger partial charge on any atom is -0.487 e. The normalized spacial score (nSPS) is 25.2. The van der Waals surface area contributed by atoms with Gasteiger partial charge in [-0.2, -0.15) is 4.31 Å². The number of carbonyl (C=O) groups is 1. The van der Waals surface area contributed by atoms with Crippen LogP contribution in [-0.2, 0) is 42.0 Å². The van der Waals surface area contributed by atoms with Crippen LogP contribution in [0.5, 0.6) is 17.2 Å². The number of hydrogen-bond donors (Lipinski definition) is 0. The molecule has 5 heterocycles. The SMILES string of the molecule is Cc1nc(COc2ccc(C[C@H]3[C@@H](CN(CC(C)C)S(=O)(=O)c4ccc5c(c4)OCO5)OC(C)(C)N3C(=O)O[C@H]3CO[C@H]4OCC[C@H]43)cc2)cs1. The molecule has 3 aromatic rings. The van der Waals surface area contributed by atoms with Crippen molar-refractivity contribution in [3.63, 3.8) is 0 Å². The fourth-order valence-electron chi connectivity index (χ4n) is 7.20. The lowest BCUT2D eigenvalue weighted by molar-refractivity contribution is -0.0911. The van der Waals surface area contributed by atoms with E-state index in [4.69, 9.17) is 33.2 Å². The van der Waals surface area contributed by atoms with Gasteiger partial charge >= 0.3 is 6.09 Å². The molecule has 7 rings (SSSR count). The van der Waals surface area contributed by atoms with Gasteiger partial charge in [0.2, 0.25) is 16.8 Å². The minimum absolute atomic E-state index is 0.00611. The molecule has 276 valence electrons. The van der Waals surface area contributed by atoms with E-state index in [0.29, 0.717) is 36.9 Å². The average Bonchev–Trinajstić information content (AvgIpc) is 3.91. The van der Waals surface area contributed by atoms with Crippen LogP contribution in [-0.4, -0.2) is 92.1 Å². The fraction of sp³-hybridized carbons (Fsp3) is 0.556. The molecule has 3 saturated heterocycles. The number of aromatic nitrogens is 1. The molecule has 4 aliphatic rings. The number of benzene rings is 2. The Bertz CT molecular complexity index is 1820. The van der Waals surface area contributed by atoms with Crippen molar-refractivity contribution in [1.82, 2.24) is 14.2 Å². The second-order valence-corrected chi connectivity index (χ2v) is 17.2. The maximum Gasteiger partial charge on any atom is 0.412 e. The standard InChI is InChI=1S/C36H45N3O10S2/c1-22(2)16-38(51(41,42)27-10-11-30-31(15-27)47-21-46-30)17-32-29(14-24-6-8-26(9-7-24)44-18-25-20-50-23(3)37-25)39(36(4,5)49-32)35(40)48-33-19-45-34-28(33)12-13-43-34/h6-11,15,20,22,28-29,32-34H,12-14,16-19,21H2,1-5H3/t28-,29-,32+,33-,34+/m0/s1. The van der Waals surface area contributed by atoms with E-state index in [2.05, 4.69) is 4.98 Å². The molecule has 0 bridgehead atoms. The first-order chi connectivity index (χ1) is 24.4. The number of hydrogen-bond acceptors (Lipinski definition) is 12. The summed E-state index contributed by atoms with van der Waals surface area (Å²) in [6.45, 7) is 10.9. The van der Waals surface area contributed by atoms with E-state index in [0.717, 1.165) is 22.7 Å². The number of aryl methyl sites for hydroxylation is 1. The molecule has 15 heteroatoms. The van der Waals surface area contributed by atoms with Crippen LogP contribution in [0.2, 0.25) is 0 Å². The van der Waals surface area contributed by atoms with Crippen molar-refractivity contribution >= 4 is 27.5 Å². The highest BCUT2D eigenvalue weighted by atomic mass is 32.2. The third kappa shape index (κ3) is 7.69. The van der Waals surface area contributed by atoms with Crippen molar-refractivity contribution in [3.8, 4) is 17.2 Å². The predicted molar refractivity (Wildman–Crippen MR) is 186 cm³/mol. The first-order valence-electron chi connectivity index (χ1n) is 17.3. The lowest BCUT2D eigenvalue weighted by atomic mass is 9.99. The summed E-state index contributed by atoms with van der Waals surface area (Å²) < 4.78 is 71.0. The van der Waals surface area contributed by atoms with Gasteiger partial charge in [-0.15, -0.1) is 11.3 Å². The van der Waals surface area contributed by atoms with E-state index in [-0.39, 0.29) is 49.5 Å². The summed E-state index contributed by atoms with van der Waals surface area (Å²) in [7, 11) is -4.01. The van der Waals surface area contributed by atoms with Gasteiger partial charge in [0.05, 0.1) is 46.9 Å². The molecule has 0 unspecified atom stereocenters. The quantitative estimate of drug-likeness (QED) is 0.238. The lowest BCUT2D eigenvalue weighted by Crippen LogP contribution is -2.51. The Balaban J connectivity index is 1.15. The van der Waals surface area contributed by atoms with Crippen molar-refractivity contribution in [2.75, 3.05) is 33.1 Å². The van der Waals surface area contributed by atoms with Crippen molar-refractivity contribution in [2.45, 2.75) is 89.2 Å². The summed E-state index contributed by atoms with van der Waals surface area (Å²) in [6.07, 6.45) is -0.942. The van der Waals surface area contributed by atoms with E-state index >= 15 is 0 Å². The smallest absolute Gasteiger partial charge is 0.412 e. The highest BCUT2D eigenvalue weighted by molar-refractivity contribution is 7.89. The summed E-state index contributed by atoms with van der Waals surface area (Å²) in [5.41, 5.74) is 0.676. The maximum absolute atomic E-state index is 14.3. The predicted octanol–water partition coefficient (Wildman–Crippen LogP) is 5.35. The van der Waals surface area contributed by atoms with Gasteiger partial charge in [0.1, 0.15) is 24.2 Å². The Morgan fingerprint density at radius 2 is 1.90 bits per heavy atom. The van der Waals surface area contributed by atoms with Gasteiger partial charge in [0.25, 0.3) is 0 Å². The highest BCUT2D eigenvalue weighted by Gasteiger charge is 2.53. The summed E-state index contributed by atoms with van der Waals surface area (Å²) in [5, 5.41) is 2.96. The number of sulfonamides is 1. The molecule has 0 N–H and O–H groups in total. The van der Waals surface area contributed by atoms with Gasteiger partial charge in [-0.3, -0.25) is 4.90 Å². The van der Waals surface area contributed by atoms with E-state index in [1.54, 1.807) is 22.3 Å². The van der Waals surface area contributed by atoms with Gasteiger partial charge < -0.3 is 33.2 Å². The first kappa shape index (κ1) is 35.9. The summed E-state index contributed by atoms with van der Waals surface area (Å²) in [5.74, 6) is 1.53. The third-order valence-electron chi connectivity index (χ3n) is 9.57. The van der Waals surface area contributed by atoms with E-state index in [1.807, 2.05) is 64.3 Å². The molecule has 13 nitrogen and oxygen atoms in total. The zero-order chi connectivity index (χ0) is 35.9. The Morgan fingerprint density at radius 1 is 1.12 bits per heavy atom. The Kier molecular flexibility index (Phi) is 10.2. The van der Waals surface area contributed by atoms with Crippen LogP contribution in [0, 0.1) is 18.8 Å². The van der Waals surface area contributed by atoms with Gasteiger partial charge in [0.15, 0.2) is 17.8 Å². The molecule has 0 aliphatic carbocycles. The average molecular weight is 744 g/mol. The Morgan fingerprint density at radius 3 is 2.65 bits per heavy atom. The van der Waals surface area contributed by atoms with Gasteiger partial charge in [0, 0.05) is 24.5 Å². The van der Waals surface area contributed by atoms with Crippen LogP contribution in [0.1, 0.15) is 50.4 Å². The second-order valence-electron chi connectivity index (χ2n) is 14.2. The molecule has 5 atom stereocenters. The zero-order valence-electron chi connectivity index (χ0n) is 29.5. The van der Waals surface area contributed by atoms with Crippen molar-refractivity contribution in [1.29, 1.82) is 0 Å². The van der Waals surface area contributed by atoms with Crippen LogP contribution in [0.3, 0.4) is 0 Å². The van der Waals surface area contributed by atoms with Crippen LogP contribution in [0.4, 0.5) is 4.79 Å². The molecular weight excluding hydrogens is 699 g/mol.